The molecule has 0 saturated carbocycles. The van der Waals surface area contributed by atoms with Gasteiger partial charge in [0.2, 0.25) is 11.9 Å². The molecule has 0 amide bonds. The van der Waals surface area contributed by atoms with Crippen LogP contribution in [0.25, 0.3) is 101 Å². The Balaban J connectivity index is 0.686. The molecular formula is C134H94N8Si4. The van der Waals surface area contributed by atoms with Crippen LogP contribution in [-0.2, 0) is 0 Å². The molecule has 28 rings (SSSR count). The zero-order valence-electron chi connectivity index (χ0n) is 79.8. The van der Waals surface area contributed by atoms with Gasteiger partial charge in [-0.1, -0.05) is 534 Å². The number of aromatic nitrogens is 8. The molecule has 4 aromatic heterocycles. The van der Waals surface area contributed by atoms with E-state index in [1.165, 1.54) is 116 Å². The van der Waals surface area contributed by atoms with Crippen molar-refractivity contribution in [3.8, 4) is 57.4 Å². The smallest absolute Gasteiger partial charge is 0.238 e. The Bertz CT molecular complexity index is 7960. The molecule has 21 aromatic carbocycles. The van der Waals surface area contributed by atoms with E-state index >= 15 is 0 Å². The highest BCUT2D eigenvalue weighted by atomic mass is 28.3. The van der Waals surface area contributed by atoms with Crippen molar-refractivity contribution in [2.24, 2.45) is 0 Å². The van der Waals surface area contributed by atoms with Gasteiger partial charge in [0, 0.05) is 55.6 Å². The Kier molecular flexibility index (Phi) is 21.6. The summed E-state index contributed by atoms with van der Waals surface area (Å²) in [4.78, 5) is 35.6. The third kappa shape index (κ3) is 13.9. The Hall–Kier alpha value is -17.9. The van der Waals surface area contributed by atoms with Crippen LogP contribution < -0.4 is 83.0 Å². The largest absolute Gasteiger partial charge is 0.278 e. The van der Waals surface area contributed by atoms with E-state index in [1.54, 1.807) is 0 Å². The molecule has 0 N–H and O–H groups in total. The number of benzene rings is 21. The first-order valence-electron chi connectivity index (χ1n) is 50.3. The summed E-state index contributed by atoms with van der Waals surface area (Å²) in [5.41, 5.74) is 15.2. The predicted octanol–water partition coefficient (Wildman–Crippen LogP) is 19.4. The predicted molar refractivity (Wildman–Crippen MR) is 613 cm³/mol. The summed E-state index contributed by atoms with van der Waals surface area (Å²) >= 11 is 0. The normalized spacial score (nSPS) is 13.3. The van der Waals surface area contributed by atoms with E-state index in [0.29, 0.717) is 35.2 Å². The highest BCUT2D eigenvalue weighted by molar-refractivity contribution is 7.22. The summed E-state index contributed by atoms with van der Waals surface area (Å²) in [5.74, 6) is 2.86. The van der Waals surface area contributed by atoms with Gasteiger partial charge in [0.25, 0.3) is 0 Å². The van der Waals surface area contributed by atoms with Crippen molar-refractivity contribution in [1.82, 2.24) is 39.0 Å². The maximum atomic E-state index is 5.97. The molecule has 0 radical (unpaired) electrons. The Morgan fingerprint density at radius 1 is 0.151 bits per heavy atom. The summed E-state index contributed by atoms with van der Waals surface area (Å²) in [6.07, 6.45) is 0. The zero-order valence-corrected chi connectivity index (χ0v) is 83.8. The van der Waals surface area contributed by atoms with Crippen molar-refractivity contribution < 1.29 is 0 Å². The number of fused-ring (bicyclic) bond motifs is 6. The van der Waals surface area contributed by atoms with Crippen LogP contribution in [0.5, 0.6) is 0 Å². The van der Waals surface area contributed by atoms with E-state index in [9.17, 15) is 0 Å². The van der Waals surface area contributed by atoms with Crippen molar-refractivity contribution in [3.05, 3.63) is 591 Å². The number of hydrogen-bond donors (Lipinski definition) is 0. The van der Waals surface area contributed by atoms with Crippen molar-refractivity contribution in [2.45, 2.75) is 11.8 Å². The quantitative estimate of drug-likeness (QED) is 0.0496. The van der Waals surface area contributed by atoms with Crippen LogP contribution in [0.15, 0.2) is 558 Å². The Morgan fingerprint density at radius 3 is 0.582 bits per heavy atom. The maximum Gasteiger partial charge on any atom is 0.238 e. The lowest BCUT2D eigenvalue weighted by molar-refractivity contribution is 0.767. The minimum atomic E-state index is -3.11. The molecule has 0 spiro atoms. The first-order chi connectivity index (χ1) is 72.4. The zero-order chi connectivity index (χ0) is 96.7. The summed E-state index contributed by atoms with van der Waals surface area (Å²) in [6.45, 7) is 0. The Labute approximate surface area is 852 Å². The second-order valence-electron chi connectivity index (χ2n) is 38.4. The average Bonchev–Trinajstić information content (AvgIpc) is 1.42. The molecule has 8 nitrogen and oxygen atoms in total. The van der Waals surface area contributed by atoms with E-state index in [-0.39, 0.29) is 11.8 Å². The van der Waals surface area contributed by atoms with Crippen molar-refractivity contribution >= 4 is 159 Å². The second-order valence-corrected chi connectivity index (χ2v) is 53.6. The van der Waals surface area contributed by atoms with Crippen LogP contribution in [0.3, 0.4) is 0 Å². The van der Waals surface area contributed by atoms with Gasteiger partial charge >= 0.3 is 0 Å². The first-order valence-corrected chi connectivity index (χ1v) is 58.3. The SMILES string of the molecule is c1ccc([Si](c2ccccc2)(c2ccccc2)c2cccc(-c3nc(-c4cccc([Si](c5ccccc5)(c5ccccc5)c5ccccc5)c4)nc(-n4c5ccccc5c5c6c(ccc54)C4c5ccccc5C6c5c4ccc4c5c5ccccc5n4-c4nc(-c5cccc([Si](c6ccccc6)(c6ccccc6)c6ccccc6)c5)nc(-c5cccc([Si](c6ccccc6)(c6ccccc6)c6ccccc6)c5)n4)n3)c2)cc1. The third-order valence-corrected chi connectivity index (χ3v) is 50.1. The van der Waals surface area contributed by atoms with E-state index in [2.05, 4.69) is 567 Å². The standard InChI is InChI=1S/C134H94N8Si4/c1-13-51-97(52-14-1)143(98-53-15-2-16-54-98,99-55-17-3-18-56-99)109-75-43-47-93(89-109)129-135-130(94-48-44-76-110(90-94)144(100-57-19-4-20-58-100,101-59-21-5-22-60-101)102-61-23-6-24-62-102)138-133(137-129)141-119-83-41-39-81-115(119)124-121(141)87-85-117-123-113-79-37-38-80-114(113)126(127(117)124)128-118(123)86-88-122-125(128)116-82-40-42-84-120(116)142(122)134-139-131(95-49-45-77-111(91-95)145(103-63-25-7-26-64-103,104-65-27-8-28-66-104)105-67-29-9-30-68-105)136-132(140-134)96-50-46-78-112(92-96)146(106-69-31-10-32-70-106,107-71-33-11-34-72-107)108-73-35-12-36-74-108/h1-92,123,126H. The van der Waals surface area contributed by atoms with E-state index < -0.39 is 32.3 Å². The van der Waals surface area contributed by atoms with Gasteiger partial charge in [-0.2, -0.15) is 19.9 Å². The summed E-state index contributed by atoms with van der Waals surface area (Å²) < 4.78 is 4.70. The van der Waals surface area contributed by atoms with Gasteiger partial charge in [-0.25, -0.2) is 9.97 Å². The van der Waals surface area contributed by atoms with Gasteiger partial charge in [0.05, 0.1) is 22.1 Å². The van der Waals surface area contributed by atoms with Gasteiger partial charge in [0.1, 0.15) is 0 Å². The van der Waals surface area contributed by atoms with Crippen LogP contribution >= 0.6 is 0 Å². The first kappa shape index (κ1) is 87.2. The average molecular weight is 1930 g/mol. The molecular weight excluding hydrogens is 1830 g/mol. The minimum absolute atomic E-state index is 0.141. The summed E-state index contributed by atoms with van der Waals surface area (Å²) in [7, 11) is -12.4. The van der Waals surface area contributed by atoms with Gasteiger partial charge in [-0.05, 0) is 141 Å². The molecule has 0 aliphatic heterocycles. The number of rotatable bonds is 22. The summed E-state index contributed by atoms with van der Waals surface area (Å²) in [6, 6.07) is 207. The highest BCUT2D eigenvalue weighted by Gasteiger charge is 2.49. The molecule has 2 bridgehead atoms. The van der Waals surface area contributed by atoms with Crippen LogP contribution in [0.1, 0.15) is 45.2 Å². The van der Waals surface area contributed by atoms with Crippen molar-refractivity contribution in [3.63, 3.8) is 0 Å². The molecule has 0 atom stereocenters. The fourth-order valence-electron chi connectivity index (χ4n) is 25.0. The van der Waals surface area contributed by atoms with Crippen LogP contribution in [-0.4, -0.2) is 71.3 Å². The summed E-state index contributed by atoms with van der Waals surface area (Å²) in [5, 5.41) is 24.7. The number of nitrogens with zero attached hydrogens (tertiary/aromatic N) is 8. The molecule has 12 heteroatoms. The van der Waals surface area contributed by atoms with Crippen molar-refractivity contribution in [2.75, 3.05) is 0 Å². The number of hydrogen-bond acceptors (Lipinski definition) is 6. The second kappa shape index (κ2) is 36.3. The van der Waals surface area contributed by atoms with Crippen LogP contribution in [0.2, 0.25) is 0 Å². The molecule has 0 fully saturated rings. The molecule has 686 valence electrons. The van der Waals surface area contributed by atoms with Crippen LogP contribution in [0.4, 0.5) is 0 Å². The minimum Gasteiger partial charge on any atom is -0.278 e. The van der Waals surface area contributed by atoms with Gasteiger partial charge in [-0.3, -0.25) is 9.13 Å². The van der Waals surface area contributed by atoms with Gasteiger partial charge in [0.15, 0.2) is 55.6 Å². The lowest BCUT2D eigenvalue weighted by Crippen LogP contribution is -2.74. The molecule has 3 aliphatic carbocycles. The molecule has 4 heterocycles. The maximum absolute atomic E-state index is 5.97. The van der Waals surface area contributed by atoms with Gasteiger partial charge < -0.3 is 0 Å². The van der Waals surface area contributed by atoms with E-state index in [4.69, 9.17) is 29.9 Å². The topological polar surface area (TPSA) is 87.2 Å². The Morgan fingerprint density at radius 2 is 0.349 bits per heavy atom. The van der Waals surface area contributed by atoms with Crippen molar-refractivity contribution in [1.29, 1.82) is 0 Å². The highest BCUT2D eigenvalue weighted by Crippen LogP contribution is 2.61. The lowest BCUT2D eigenvalue weighted by atomic mass is 9.59. The fourth-order valence-corrected chi connectivity index (χ4v) is 44.2. The molecule has 0 saturated heterocycles. The molecule has 25 aromatic rings. The molecule has 0 unspecified atom stereocenters. The fraction of sp³-hybridized carbons (Fsp3) is 0.0149. The monoisotopic (exact) mass is 1930 g/mol. The molecule has 3 aliphatic rings. The number of para-hydroxylation sites is 2. The van der Waals surface area contributed by atoms with E-state index in [0.717, 1.165) is 65.9 Å². The van der Waals surface area contributed by atoms with Gasteiger partial charge in [-0.15, -0.1) is 0 Å². The van der Waals surface area contributed by atoms with E-state index in [1.807, 2.05) is 0 Å². The lowest BCUT2D eigenvalue weighted by Gasteiger charge is -2.43. The molecule has 146 heavy (non-hydrogen) atoms. The van der Waals surface area contributed by atoms with Crippen LogP contribution in [0, 0.1) is 0 Å². The third-order valence-electron chi connectivity index (χ3n) is 31.0.